The summed E-state index contributed by atoms with van der Waals surface area (Å²) in [7, 11) is 0. The van der Waals surface area contributed by atoms with Gasteiger partial charge in [0.15, 0.2) is 4.80 Å². The van der Waals surface area contributed by atoms with Crippen LogP contribution in [-0.4, -0.2) is 11.2 Å². The third kappa shape index (κ3) is 2.88. The molecule has 3 aromatic rings. The minimum atomic E-state index is -0.00525. The van der Waals surface area contributed by atoms with Gasteiger partial charge in [-0.25, -0.2) is 4.99 Å². The molecule has 0 aliphatic carbocycles. The average molecular weight is 356 g/mol. The molecular formula is C18H14ClN3OS. The first-order chi connectivity index (χ1) is 11.7. The zero-order valence-corrected chi connectivity index (χ0v) is 14.3. The van der Waals surface area contributed by atoms with E-state index in [9.17, 15) is 4.79 Å². The molecule has 2 aromatic carbocycles. The molecule has 1 aromatic heterocycles. The van der Waals surface area contributed by atoms with Gasteiger partial charge in [0, 0.05) is 10.7 Å². The van der Waals surface area contributed by atoms with E-state index >= 15 is 0 Å². The van der Waals surface area contributed by atoms with Gasteiger partial charge in [0.2, 0.25) is 0 Å². The molecule has 6 heteroatoms. The van der Waals surface area contributed by atoms with Crippen molar-refractivity contribution in [2.75, 3.05) is 11.6 Å². The van der Waals surface area contributed by atoms with Gasteiger partial charge in [-0.2, -0.15) is 0 Å². The lowest BCUT2D eigenvalue weighted by Gasteiger charge is -2.25. The highest BCUT2D eigenvalue weighted by Crippen LogP contribution is 2.14. The molecule has 0 fully saturated rings. The molecule has 4 nitrogen and oxygen atoms in total. The smallest absolute Gasteiger partial charge is 0.271 e. The van der Waals surface area contributed by atoms with Gasteiger partial charge in [-0.1, -0.05) is 53.3 Å². The van der Waals surface area contributed by atoms with Gasteiger partial charge in [-0.3, -0.25) is 9.36 Å². The minimum absolute atomic E-state index is 0.00525. The molecule has 120 valence electrons. The number of rotatable bonds is 2. The van der Waals surface area contributed by atoms with Crippen molar-refractivity contribution in [3.63, 3.8) is 0 Å². The van der Waals surface area contributed by atoms with Crippen molar-refractivity contribution in [3.05, 3.63) is 84.9 Å². The van der Waals surface area contributed by atoms with E-state index in [4.69, 9.17) is 11.6 Å². The predicted molar refractivity (Wildman–Crippen MR) is 98.2 cm³/mol. The van der Waals surface area contributed by atoms with E-state index in [1.54, 1.807) is 4.57 Å². The van der Waals surface area contributed by atoms with Crippen LogP contribution < -0.4 is 19.8 Å². The summed E-state index contributed by atoms with van der Waals surface area (Å²) in [4.78, 5) is 20.1. The van der Waals surface area contributed by atoms with E-state index in [1.807, 2.05) is 60.7 Å². The Labute approximate surface area is 147 Å². The summed E-state index contributed by atoms with van der Waals surface area (Å²) in [5.41, 5.74) is 2.01. The summed E-state index contributed by atoms with van der Waals surface area (Å²) in [5.74, 6) is 0. The molecule has 0 atom stereocenters. The highest BCUT2D eigenvalue weighted by Gasteiger charge is 2.15. The number of benzene rings is 2. The lowest BCUT2D eigenvalue weighted by molar-refractivity contribution is 0.569. The van der Waals surface area contributed by atoms with Crippen LogP contribution in [0.15, 0.2) is 64.4 Å². The quantitative estimate of drug-likeness (QED) is 0.708. The second kappa shape index (κ2) is 6.26. The molecule has 0 saturated carbocycles. The summed E-state index contributed by atoms with van der Waals surface area (Å²) < 4.78 is 2.41. The first-order valence-electron chi connectivity index (χ1n) is 7.52. The molecular weight excluding hydrogens is 342 g/mol. The van der Waals surface area contributed by atoms with Crippen LogP contribution in [0.1, 0.15) is 5.56 Å². The number of anilines is 1. The van der Waals surface area contributed by atoms with Crippen LogP contribution in [0.3, 0.4) is 0 Å². The van der Waals surface area contributed by atoms with E-state index in [1.165, 1.54) is 11.3 Å². The summed E-state index contributed by atoms with van der Waals surface area (Å²) in [5, 5.41) is 0.683. The summed E-state index contributed by atoms with van der Waals surface area (Å²) in [6.07, 6.45) is 1.89. The fraction of sp³-hybridized carbons (Fsp3) is 0.111. The van der Waals surface area contributed by atoms with Crippen molar-refractivity contribution in [1.29, 1.82) is 0 Å². The van der Waals surface area contributed by atoms with E-state index in [2.05, 4.69) is 9.89 Å². The number of hydrogen-bond acceptors (Lipinski definition) is 4. The molecule has 0 bridgehead atoms. The molecule has 2 heterocycles. The van der Waals surface area contributed by atoms with Crippen LogP contribution in [0.5, 0.6) is 0 Å². The van der Waals surface area contributed by atoms with Gasteiger partial charge in [0.25, 0.3) is 5.56 Å². The number of aromatic nitrogens is 1. The lowest BCUT2D eigenvalue weighted by Crippen LogP contribution is -2.42. The predicted octanol–water partition coefficient (Wildman–Crippen LogP) is 2.45. The first kappa shape index (κ1) is 15.2. The molecule has 0 unspecified atom stereocenters. The minimum Gasteiger partial charge on any atom is -0.334 e. The zero-order valence-electron chi connectivity index (χ0n) is 12.7. The molecule has 24 heavy (non-hydrogen) atoms. The largest absolute Gasteiger partial charge is 0.334 e. The Morgan fingerprint density at radius 1 is 1.08 bits per heavy atom. The third-order valence-electron chi connectivity index (χ3n) is 3.87. The van der Waals surface area contributed by atoms with E-state index in [0.29, 0.717) is 22.9 Å². The molecule has 0 N–H and O–H groups in total. The summed E-state index contributed by atoms with van der Waals surface area (Å²) in [6.45, 7) is 1.08. The van der Waals surface area contributed by atoms with Crippen molar-refractivity contribution in [2.24, 2.45) is 4.99 Å². The average Bonchev–Trinajstić information content (AvgIpc) is 2.93. The van der Waals surface area contributed by atoms with Gasteiger partial charge >= 0.3 is 0 Å². The van der Waals surface area contributed by atoms with E-state index in [-0.39, 0.29) is 5.56 Å². The zero-order chi connectivity index (χ0) is 16.5. The normalized spacial score (nSPS) is 14.4. The second-order valence-corrected chi connectivity index (χ2v) is 6.94. The monoisotopic (exact) mass is 355 g/mol. The van der Waals surface area contributed by atoms with Crippen LogP contribution in [0, 0.1) is 0 Å². The number of thiazole rings is 1. The van der Waals surface area contributed by atoms with Crippen molar-refractivity contribution in [3.8, 4) is 0 Å². The molecule has 1 aliphatic rings. The Hall–Kier alpha value is -2.37. The topological polar surface area (TPSA) is 37.6 Å². The Bertz CT molecular complexity index is 1040. The van der Waals surface area contributed by atoms with Crippen molar-refractivity contribution in [2.45, 2.75) is 6.67 Å². The standard InChI is InChI=1S/C18H14ClN3OS/c19-14-8-6-13(7-9-14)10-16-17(23)22-12-21(11-20-18(22)24-16)15-4-2-1-3-5-15/h1-10H,11-12H2/b16-10-. The molecule has 1 aliphatic heterocycles. The van der Waals surface area contributed by atoms with E-state index in [0.717, 1.165) is 16.1 Å². The van der Waals surface area contributed by atoms with Crippen LogP contribution >= 0.6 is 22.9 Å². The van der Waals surface area contributed by atoms with Gasteiger partial charge in [-0.15, -0.1) is 0 Å². The fourth-order valence-electron chi connectivity index (χ4n) is 2.62. The Morgan fingerprint density at radius 3 is 2.58 bits per heavy atom. The molecule has 0 radical (unpaired) electrons. The van der Waals surface area contributed by atoms with Gasteiger partial charge in [-0.05, 0) is 35.9 Å². The van der Waals surface area contributed by atoms with Crippen molar-refractivity contribution < 1.29 is 0 Å². The first-order valence-corrected chi connectivity index (χ1v) is 8.71. The maximum absolute atomic E-state index is 12.7. The Morgan fingerprint density at radius 2 is 1.83 bits per heavy atom. The highest BCUT2D eigenvalue weighted by molar-refractivity contribution is 7.07. The molecule has 0 spiro atoms. The summed E-state index contributed by atoms with van der Waals surface area (Å²) >= 11 is 7.33. The Balaban J connectivity index is 1.72. The van der Waals surface area contributed by atoms with Gasteiger partial charge in [0.1, 0.15) is 13.3 Å². The van der Waals surface area contributed by atoms with Crippen LogP contribution in [0.4, 0.5) is 5.69 Å². The van der Waals surface area contributed by atoms with Crippen LogP contribution in [0.25, 0.3) is 6.08 Å². The maximum atomic E-state index is 12.7. The van der Waals surface area contributed by atoms with Crippen molar-refractivity contribution in [1.82, 2.24) is 4.57 Å². The molecule has 0 saturated heterocycles. The SMILES string of the molecule is O=c1/c(=C/c2ccc(Cl)cc2)sc2n1CN(c1ccccc1)CN=2. The Kier molecular flexibility index (Phi) is 3.96. The number of para-hydroxylation sites is 1. The third-order valence-corrected chi connectivity index (χ3v) is 5.16. The number of nitrogens with zero attached hydrogens (tertiary/aromatic N) is 3. The fourth-order valence-corrected chi connectivity index (χ4v) is 3.71. The number of fused-ring (bicyclic) bond motifs is 1. The number of halogens is 1. The van der Waals surface area contributed by atoms with Crippen molar-refractivity contribution >= 4 is 34.7 Å². The molecule has 0 amide bonds. The number of hydrogen-bond donors (Lipinski definition) is 0. The molecule has 4 rings (SSSR count). The highest BCUT2D eigenvalue weighted by atomic mass is 35.5. The maximum Gasteiger partial charge on any atom is 0.271 e. The second-order valence-electron chi connectivity index (χ2n) is 5.49. The summed E-state index contributed by atoms with van der Waals surface area (Å²) in [6, 6.07) is 17.4. The van der Waals surface area contributed by atoms with Crippen LogP contribution in [0.2, 0.25) is 5.02 Å². The van der Waals surface area contributed by atoms with Crippen LogP contribution in [-0.2, 0) is 6.67 Å². The lowest BCUT2D eigenvalue weighted by atomic mass is 10.2. The van der Waals surface area contributed by atoms with Gasteiger partial charge in [0.05, 0.1) is 4.53 Å². The van der Waals surface area contributed by atoms with E-state index < -0.39 is 0 Å². The van der Waals surface area contributed by atoms with Gasteiger partial charge < -0.3 is 4.90 Å².